The van der Waals surface area contributed by atoms with Crippen LogP contribution in [0.5, 0.6) is 0 Å². The predicted molar refractivity (Wildman–Crippen MR) is 75.2 cm³/mol. The first-order valence-electron chi connectivity index (χ1n) is 6.29. The van der Waals surface area contributed by atoms with Gasteiger partial charge < -0.3 is 5.32 Å². The fraction of sp³-hybridized carbons (Fsp3) is 0.154. The van der Waals surface area contributed by atoms with Crippen molar-refractivity contribution >= 4 is 11.6 Å². The number of aromatic nitrogens is 6. The molecule has 8 nitrogen and oxygen atoms in total. The molecule has 21 heavy (non-hydrogen) atoms. The van der Waals surface area contributed by atoms with E-state index in [9.17, 15) is 4.79 Å². The van der Waals surface area contributed by atoms with E-state index in [1.807, 2.05) is 0 Å². The second kappa shape index (κ2) is 5.16. The molecule has 0 bridgehead atoms. The number of carbonyl (C=O) groups is 1. The molecule has 0 aliphatic rings. The van der Waals surface area contributed by atoms with Gasteiger partial charge in [-0.3, -0.25) is 9.89 Å². The summed E-state index contributed by atoms with van der Waals surface area (Å²) < 4.78 is 1.49. The molecule has 2 N–H and O–H groups in total. The van der Waals surface area contributed by atoms with Crippen LogP contribution in [0.2, 0.25) is 0 Å². The molecular weight excluding hydrogens is 270 g/mol. The van der Waals surface area contributed by atoms with E-state index in [1.165, 1.54) is 17.3 Å². The maximum absolute atomic E-state index is 12.4. The van der Waals surface area contributed by atoms with Crippen molar-refractivity contribution in [2.75, 3.05) is 5.32 Å². The van der Waals surface area contributed by atoms with Crippen LogP contribution in [0.1, 0.15) is 21.7 Å². The molecule has 3 aromatic heterocycles. The van der Waals surface area contributed by atoms with Gasteiger partial charge in [-0.2, -0.15) is 10.2 Å². The summed E-state index contributed by atoms with van der Waals surface area (Å²) in [4.78, 5) is 20.5. The van der Waals surface area contributed by atoms with Gasteiger partial charge in [-0.15, -0.1) is 0 Å². The number of pyridine rings is 1. The lowest BCUT2D eigenvalue weighted by atomic mass is 10.2. The lowest BCUT2D eigenvalue weighted by Crippen LogP contribution is -2.16. The molecule has 3 aromatic rings. The lowest BCUT2D eigenvalue weighted by molar-refractivity contribution is 0.102. The Morgan fingerprint density at radius 1 is 1.38 bits per heavy atom. The molecule has 0 radical (unpaired) electrons. The van der Waals surface area contributed by atoms with Gasteiger partial charge in [0.1, 0.15) is 12.7 Å². The standard InChI is InChI=1S/C13H13N7O/c1-8-11(9(2)19-18-8)13(21)17-10-4-3-5-15-12(10)20-7-14-6-16-20/h3-7H,1-2H3,(H,17,21)(H,18,19). The van der Waals surface area contributed by atoms with Crippen LogP contribution in [0.25, 0.3) is 5.82 Å². The van der Waals surface area contributed by atoms with Crippen LogP contribution < -0.4 is 5.32 Å². The summed E-state index contributed by atoms with van der Waals surface area (Å²) in [7, 11) is 0. The van der Waals surface area contributed by atoms with E-state index < -0.39 is 0 Å². The third kappa shape index (κ3) is 2.38. The van der Waals surface area contributed by atoms with Crippen LogP contribution in [0.15, 0.2) is 31.0 Å². The van der Waals surface area contributed by atoms with Gasteiger partial charge in [-0.1, -0.05) is 0 Å². The SMILES string of the molecule is Cc1n[nH]c(C)c1C(=O)Nc1cccnc1-n1cncn1. The van der Waals surface area contributed by atoms with Gasteiger partial charge in [0.05, 0.1) is 16.9 Å². The molecule has 3 heterocycles. The molecule has 106 valence electrons. The Morgan fingerprint density at radius 3 is 2.90 bits per heavy atom. The first kappa shape index (κ1) is 13.0. The summed E-state index contributed by atoms with van der Waals surface area (Å²) in [5, 5.41) is 13.7. The molecule has 0 unspecified atom stereocenters. The number of hydrogen-bond acceptors (Lipinski definition) is 5. The van der Waals surface area contributed by atoms with Crippen molar-refractivity contribution in [1.29, 1.82) is 0 Å². The number of carbonyl (C=O) groups excluding carboxylic acids is 1. The van der Waals surface area contributed by atoms with Gasteiger partial charge in [-0.25, -0.2) is 14.6 Å². The van der Waals surface area contributed by atoms with E-state index in [0.29, 0.717) is 22.8 Å². The van der Waals surface area contributed by atoms with Gasteiger partial charge in [0.2, 0.25) is 0 Å². The zero-order valence-corrected chi connectivity index (χ0v) is 11.5. The Hall–Kier alpha value is -3.03. The number of amides is 1. The normalized spacial score (nSPS) is 10.6. The monoisotopic (exact) mass is 283 g/mol. The van der Waals surface area contributed by atoms with Gasteiger partial charge in [0.15, 0.2) is 5.82 Å². The largest absolute Gasteiger partial charge is 0.319 e. The minimum absolute atomic E-state index is 0.242. The highest BCUT2D eigenvalue weighted by Crippen LogP contribution is 2.18. The van der Waals surface area contributed by atoms with E-state index in [1.54, 1.807) is 32.2 Å². The minimum atomic E-state index is -0.242. The molecule has 0 aromatic carbocycles. The quantitative estimate of drug-likeness (QED) is 0.753. The fourth-order valence-corrected chi connectivity index (χ4v) is 2.06. The number of hydrogen-bond donors (Lipinski definition) is 2. The van der Waals surface area contributed by atoms with E-state index in [2.05, 4.69) is 30.6 Å². The lowest BCUT2D eigenvalue weighted by Gasteiger charge is -2.09. The molecule has 1 amide bonds. The van der Waals surface area contributed by atoms with Crippen LogP contribution in [-0.4, -0.2) is 35.9 Å². The number of anilines is 1. The number of nitrogens with one attached hydrogen (secondary N) is 2. The molecule has 0 spiro atoms. The fourth-order valence-electron chi connectivity index (χ4n) is 2.06. The maximum Gasteiger partial charge on any atom is 0.259 e. The molecule has 3 rings (SSSR count). The van der Waals surface area contributed by atoms with E-state index in [-0.39, 0.29) is 5.91 Å². The molecular formula is C13H13N7O. The van der Waals surface area contributed by atoms with Gasteiger partial charge in [0, 0.05) is 11.9 Å². The van der Waals surface area contributed by atoms with Crippen molar-refractivity contribution < 1.29 is 4.79 Å². The van der Waals surface area contributed by atoms with Crippen LogP contribution in [0.4, 0.5) is 5.69 Å². The average molecular weight is 283 g/mol. The molecule has 0 saturated carbocycles. The number of H-pyrrole nitrogens is 1. The highest BCUT2D eigenvalue weighted by atomic mass is 16.1. The van der Waals surface area contributed by atoms with Crippen LogP contribution >= 0.6 is 0 Å². The third-order valence-electron chi connectivity index (χ3n) is 3.03. The van der Waals surface area contributed by atoms with Crippen LogP contribution in [0, 0.1) is 13.8 Å². The topological polar surface area (TPSA) is 101 Å². The number of aryl methyl sites for hydroxylation is 2. The predicted octanol–water partition coefficient (Wildman–Crippen LogP) is 1.25. The Kier molecular flexibility index (Phi) is 3.19. The van der Waals surface area contributed by atoms with Gasteiger partial charge in [-0.05, 0) is 26.0 Å². The van der Waals surface area contributed by atoms with Crippen LogP contribution in [-0.2, 0) is 0 Å². The Morgan fingerprint density at radius 2 is 2.24 bits per heavy atom. The summed E-state index contributed by atoms with van der Waals surface area (Å²) in [6, 6.07) is 3.50. The molecule has 0 aliphatic carbocycles. The summed E-state index contributed by atoms with van der Waals surface area (Å²) in [6.07, 6.45) is 4.55. The first-order chi connectivity index (χ1) is 10.2. The van der Waals surface area contributed by atoms with Crippen molar-refractivity contribution in [2.45, 2.75) is 13.8 Å². The second-order valence-electron chi connectivity index (χ2n) is 4.48. The Bertz CT molecular complexity index is 756. The summed E-state index contributed by atoms with van der Waals surface area (Å²) in [6.45, 7) is 3.58. The second-order valence-corrected chi connectivity index (χ2v) is 4.48. The molecule has 0 aliphatic heterocycles. The van der Waals surface area contributed by atoms with E-state index in [0.717, 1.165) is 5.69 Å². The van der Waals surface area contributed by atoms with E-state index in [4.69, 9.17) is 0 Å². The summed E-state index contributed by atoms with van der Waals surface area (Å²) in [5.41, 5.74) is 2.45. The van der Waals surface area contributed by atoms with E-state index >= 15 is 0 Å². The summed E-state index contributed by atoms with van der Waals surface area (Å²) >= 11 is 0. The first-order valence-corrected chi connectivity index (χ1v) is 6.29. The zero-order valence-electron chi connectivity index (χ0n) is 11.5. The van der Waals surface area contributed by atoms with Crippen molar-refractivity contribution in [3.8, 4) is 5.82 Å². The Balaban J connectivity index is 1.94. The summed E-state index contributed by atoms with van der Waals surface area (Å²) in [5.74, 6) is 0.260. The van der Waals surface area contributed by atoms with Gasteiger partial charge >= 0.3 is 0 Å². The maximum atomic E-state index is 12.4. The van der Waals surface area contributed by atoms with Crippen molar-refractivity contribution in [3.63, 3.8) is 0 Å². The molecule has 8 heteroatoms. The third-order valence-corrected chi connectivity index (χ3v) is 3.03. The van der Waals surface area contributed by atoms with Gasteiger partial charge in [0.25, 0.3) is 5.91 Å². The number of nitrogens with zero attached hydrogens (tertiary/aromatic N) is 5. The average Bonchev–Trinajstić information content (AvgIpc) is 3.10. The molecule has 0 atom stereocenters. The van der Waals surface area contributed by atoms with Crippen molar-refractivity contribution in [2.24, 2.45) is 0 Å². The highest BCUT2D eigenvalue weighted by Gasteiger charge is 2.17. The highest BCUT2D eigenvalue weighted by molar-refractivity contribution is 6.06. The smallest absolute Gasteiger partial charge is 0.259 e. The van der Waals surface area contributed by atoms with Crippen molar-refractivity contribution in [3.05, 3.63) is 47.9 Å². The minimum Gasteiger partial charge on any atom is -0.319 e. The zero-order chi connectivity index (χ0) is 14.8. The Labute approximate surface area is 120 Å². The molecule has 0 saturated heterocycles. The number of rotatable bonds is 3. The molecule has 0 fully saturated rings. The van der Waals surface area contributed by atoms with Crippen molar-refractivity contribution in [1.82, 2.24) is 29.9 Å². The van der Waals surface area contributed by atoms with Crippen LogP contribution in [0.3, 0.4) is 0 Å². The number of aromatic amines is 1.